The van der Waals surface area contributed by atoms with Crippen molar-refractivity contribution < 1.29 is 17.9 Å². The van der Waals surface area contributed by atoms with Gasteiger partial charge in [-0.3, -0.25) is 0 Å². The van der Waals surface area contributed by atoms with E-state index in [9.17, 15) is 13.2 Å². The summed E-state index contributed by atoms with van der Waals surface area (Å²) >= 11 is -0.0578. The smallest absolute Gasteiger partial charge is 0.441 e. The molecule has 0 saturated heterocycles. The third kappa shape index (κ3) is 6.52. The molecule has 0 aliphatic carbocycles. The van der Waals surface area contributed by atoms with Gasteiger partial charge in [0.05, 0.1) is 6.61 Å². The molecule has 0 atom stereocenters. The van der Waals surface area contributed by atoms with Crippen LogP contribution in [0.2, 0.25) is 0 Å². The molecular formula is C14H20F3NOS. The first-order valence-electron chi connectivity index (χ1n) is 6.45. The lowest BCUT2D eigenvalue weighted by atomic mass is 10.1. The van der Waals surface area contributed by atoms with Crippen LogP contribution in [0.25, 0.3) is 0 Å². The number of benzene rings is 1. The zero-order valence-electron chi connectivity index (χ0n) is 11.9. The molecule has 2 nitrogen and oxygen atoms in total. The highest BCUT2D eigenvalue weighted by molar-refractivity contribution is 8.00. The first kappa shape index (κ1) is 17.2. The Kier molecular flexibility index (Phi) is 6.68. The minimum Gasteiger partial charge on any atom is -0.492 e. The number of hydrogen-bond acceptors (Lipinski definition) is 3. The second-order valence-corrected chi connectivity index (χ2v) is 5.90. The highest BCUT2D eigenvalue weighted by Crippen LogP contribution is 2.30. The number of rotatable bonds is 7. The Hall–Kier alpha value is -0.880. The molecule has 0 aliphatic rings. The minimum absolute atomic E-state index is 0.0453. The number of halogens is 3. The van der Waals surface area contributed by atoms with Crippen LogP contribution in [0.15, 0.2) is 18.2 Å². The molecule has 1 N–H and O–H groups in total. The summed E-state index contributed by atoms with van der Waals surface area (Å²) in [6.07, 6.45) is 0. The molecule has 0 spiro atoms. The van der Waals surface area contributed by atoms with E-state index in [0.717, 1.165) is 11.1 Å². The predicted octanol–water partition coefficient (Wildman–Crippen LogP) is 4.12. The lowest BCUT2D eigenvalue weighted by molar-refractivity contribution is -0.0329. The number of nitrogens with one attached hydrogen (secondary N) is 1. The number of ether oxygens (including phenoxy) is 1. The van der Waals surface area contributed by atoms with Gasteiger partial charge < -0.3 is 10.1 Å². The van der Waals surface area contributed by atoms with E-state index in [0.29, 0.717) is 18.3 Å². The molecule has 1 aromatic rings. The number of aryl methyl sites for hydroxylation is 1. The van der Waals surface area contributed by atoms with Gasteiger partial charge in [0.2, 0.25) is 0 Å². The van der Waals surface area contributed by atoms with Crippen molar-refractivity contribution in [3.63, 3.8) is 0 Å². The van der Waals surface area contributed by atoms with E-state index in [1.165, 1.54) is 0 Å². The number of thioether (sulfide) groups is 1. The van der Waals surface area contributed by atoms with Crippen LogP contribution in [0.3, 0.4) is 0 Å². The zero-order valence-corrected chi connectivity index (χ0v) is 12.7. The van der Waals surface area contributed by atoms with Crippen LogP contribution in [-0.2, 0) is 6.54 Å². The van der Waals surface area contributed by atoms with Crippen LogP contribution in [0.5, 0.6) is 5.75 Å². The van der Waals surface area contributed by atoms with E-state index in [4.69, 9.17) is 4.74 Å². The molecule has 0 fully saturated rings. The van der Waals surface area contributed by atoms with Gasteiger partial charge in [-0.1, -0.05) is 32.0 Å². The highest BCUT2D eigenvalue weighted by Gasteiger charge is 2.27. The van der Waals surface area contributed by atoms with Crippen LogP contribution < -0.4 is 10.1 Å². The molecule has 0 unspecified atom stereocenters. The lowest BCUT2D eigenvalue weighted by Crippen LogP contribution is -2.22. The maximum atomic E-state index is 12.0. The molecule has 0 radical (unpaired) electrons. The van der Waals surface area contributed by atoms with Crippen LogP contribution in [0.4, 0.5) is 13.2 Å². The van der Waals surface area contributed by atoms with Crippen molar-refractivity contribution in [1.82, 2.24) is 5.32 Å². The molecule has 20 heavy (non-hydrogen) atoms. The number of alkyl halides is 3. The van der Waals surface area contributed by atoms with Crippen molar-refractivity contribution in [3.05, 3.63) is 29.3 Å². The maximum Gasteiger partial charge on any atom is 0.441 e. The molecule has 6 heteroatoms. The monoisotopic (exact) mass is 307 g/mol. The largest absolute Gasteiger partial charge is 0.492 e. The van der Waals surface area contributed by atoms with E-state index >= 15 is 0 Å². The second kappa shape index (κ2) is 7.78. The molecule has 114 valence electrons. The topological polar surface area (TPSA) is 21.3 Å². The second-order valence-electron chi connectivity index (χ2n) is 4.74. The normalized spacial score (nSPS) is 11.9. The zero-order chi connectivity index (χ0) is 15.2. The standard InChI is InChI=1S/C14H20F3NOS/c1-10(2)18-9-12-6-4-5-11(3)13(12)19-7-8-20-14(15,16)17/h4-6,10,18H,7-9H2,1-3H3. The summed E-state index contributed by atoms with van der Waals surface area (Å²) in [6.45, 7) is 6.66. The molecule has 0 aliphatic heterocycles. The number of hydrogen-bond donors (Lipinski definition) is 1. The SMILES string of the molecule is Cc1cccc(CNC(C)C)c1OCCSC(F)(F)F. The van der Waals surface area contributed by atoms with Gasteiger partial charge in [-0.25, -0.2) is 0 Å². The van der Waals surface area contributed by atoms with Gasteiger partial charge in [0.15, 0.2) is 0 Å². The molecule has 0 amide bonds. The Balaban J connectivity index is 2.58. The summed E-state index contributed by atoms with van der Waals surface area (Å²) in [5.41, 5.74) is -2.29. The lowest BCUT2D eigenvalue weighted by Gasteiger charge is -2.16. The van der Waals surface area contributed by atoms with Gasteiger partial charge in [-0.2, -0.15) is 13.2 Å². The predicted molar refractivity (Wildman–Crippen MR) is 77.2 cm³/mol. The summed E-state index contributed by atoms with van der Waals surface area (Å²) in [6, 6.07) is 6.08. The average Bonchev–Trinajstić information content (AvgIpc) is 2.32. The summed E-state index contributed by atoms with van der Waals surface area (Å²) in [5.74, 6) is 0.581. The maximum absolute atomic E-state index is 12.0. The molecular weight excluding hydrogens is 287 g/mol. The molecule has 0 saturated carbocycles. The van der Waals surface area contributed by atoms with Gasteiger partial charge in [-0.05, 0) is 24.2 Å². The molecule has 0 aromatic heterocycles. The fourth-order valence-corrected chi connectivity index (χ4v) is 2.07. The average molecular weight is 307 g/mol. The van der Waals surface area contributed by atoms with Crippen LogP contribution in [-0.4, -0.2) is 23.9 Å². The van der Waals surface area contributed by atoms with Crippen molar-refractivity contribution in [3.8, 4) is 5.75 Å². The fourth-order valence-electron chi connectivity index (χ4n) is 1.67. The quantitative estimate of drug-likeness (QED) is 0.766. The number of para-hydroxylation sites is 1. The van der Waals surface area contributed by atoms with E-state index < -0.39 is 5.51 Å². The summed E-state index contributed by atoms with van der Waals surface area (Å²) in [7, 11) is 0. The van der Waals surface area contributed by atoms with E-state index in [1.54, 1.807) is 0 Å². The van der Waals surface area contributed by atoms with Gasteiger partial charge >= 0.3 is 5.51 Å². The van der Waals surface area contributed by atoms with Crippen molar-refractivity contribution in [2.24, 2.45) is 0 Å². The van der Waals surface area contributed by atoms with Crippen molar-refractivity contribution >= 4 is 11.8 Å². The van der Waals surface area contributed by atoms with Crippen molar-refractivity contribution in [2.45, 2.75) is 38.9 Å². The summed E-state index contributed by atoms with van der Waals surface area (Å²) < 4.78 is 41.7. The Morgan fingerprint density at radius 1 is 1.30 bits per heavy atom. The van der Waals surface area contributed by atoms with Gasteiger partial charge in [0.25, 0.3) is 0 Å². The summed E-state index contributed by atoms with van der Waals surface area (Å²) in [4.78, 5) is 0. The molecule has 0 bridgehead atoms. The Morgan fingerprint density at radius 3 is 2.60 bits per heavy atom. The molecule has 0 heterocycles. The van der Waals surface area contributed by atoms with E-state index in [1.807, 2.05) is 39.0 Å². The Morgan fingerprint density at radius 2 is 2.00 bits per heavy atom. The molecule has 1 rings (SSSR count). The van der Waals surface area contributed by atoms with Crippen molar-refractivity contribution in [1.29, 1.82) is 0 Å². The summed E-state index contributed by atoms with van der Waals surface area (Å²) in [5, 5.41) is 3.28. The fraction of sp³-hybridized carbons (Fsp3) is 0.571. The van der Waals surface area contributed by atoms with Crippen LogP contribution >= 0.6 is 11.8 Å². The Bertz CT molecular complexity index is 421. The highest BCUT2D eigenvalue weighted by atomic mass is 32.2. The van der Waals surface area contributed by atoms with Gasteiger partial charge in [-0.15, -0.1) is 0 Å². The first-order chi connectivity index (χ1) is 9.29. The van der Waals surface area contributed by atoms with Crippen molar-refractivity contribution in [2.75, 3.05) is 12.4 Å². The third-order valence-electron chi connectivity index (χ3n) is 2.59. The Labute approximate surface area is 122 Å². The third-order valence-corrected chi connectivity index (χ3v) is 3.29. The van der Waals surface area contributed by atoms with E-state index in [-0.39, 0.29) is 24.1 Å². The van der Waals surface area contributed by atoms with Crippen LogP contribution in [0.1, 0.15) is 25.0 Å². The van der Waals surface area contributed by atoms with Crippen LogP contribution in [0, 0.1) is 6.92 Å². The van der Waals surface area contributed by atoms with E-state index in [2.05, 4.69) is 5.32 Å². The first-order valence-corrected chi connectivity index (χ1v) is 7.43. The van der Waals surface area contributed by atoms with Gasteiger partial charge in [0.1, 0.15) is 5.75 Å². The minimum atomic E-state index is -4.20. The molecule has 1 aromatic carbocycles. The van der Waals surface area contributed by atoms with Gasteiger partial charge in [0, 0.05) is 23.9 Å².